The summed E-state index contributed by atoms with van der Waals surface area (Å²) in [7, 11) is 1.57. The molecule has 0 amide bonds. The molecule has 6 heteroatoms. The lowest BCUT2D eigenvalue weighted by atomic mass is 10.1. The van der Waals surface area contributed by atoms with Crippen molar-refractivity contribution in [1.82, 2.24) is 15.0 Å². The van der Waals surface area contributed by atoms with E-state index in [9.17, 15) is 4.79 Å². The average Bonchev–Trinajstić information content (AvgIpc) is 2.47. The summed E-state index contributed by atoms with van der Waals surface area (Å²) >= 11 is 3.51. The maximum atomic E-state index is 11.8. The van der Waals surface area contributed by atoms with E-state index < -0.39 is 0 Å². The van der Waals surface area contributed by atoms with Crippen molar-refractivity contribution >= 4 is 26.8 Å². The van der Waals surface area contributed by atoms with Gasteiger partial charge in [-0.05, 0) is 18.2 Å². The third-order valence-electron chi connectivity index (χ3n) is 3.06. The quantitative estimate of drug-likeness (QED) is 0.792. The maximum absolute atomic E-state index is 11.8. The predicted molar refractivity (Wildman–Crippen MR) is 84.0 cm³/mol. The number of nitrogens with one attached hydrogen (secondary N) is 1. The van der Waals surface area contributed by atoms with Gasteiger partial charge in [0.2, 0.25) is 0 Å². The molecule has 0 aliphatic rings. The van der Waals surface area contributed by atoms with Crippen LogP contribution in [0.3, 0.4) is 0 Å². The van der Waals surface area contributed by atoms with Crippen molar-refractivity contribution in [3.05, 3.63) is 57.0 Å². The highest BCUT2D eigenvalue weighted by molar-refractivity contribution is 9.10. The van der Waals surface area contributed by atoms with Crippen molar-refractivity contribution in [1.29, 1.82) is 0 Å². The summed E-state index contributed by atoms with van der Waals surface area (Å²) in [6, 6.07) is 9.07. The molecule has 21 heavy (non-hydrogen) atoms. The molecular weight excluding hydrogens is 334 g/mol. The van der Waals surface area contributed by atoms with E-state index in [1.54, 1.807) is 13.3 Å². The van der Waals surface area contributed by atoms with Crippen LogP contribution in [0.2, 0.25) is 0 Å². The number of halogens is 1. The molecule has 106 valence electrons. The van der Waals surface area contributed by atoms with Crippen LogP contribution < -0.4 is 5.56 Å². The molecule has 0 atom stereocenters. The summed E-state index contributed by atoms with van der Waals surface area (Å²) in [5.74, 6) is 0.491. The second kappa shape index (κ2) is 5.75. The molecule has 3 aromatic rings. The van der Waals surface area contributed by atoms with Gasteiger partial charge in [0.25, 0.3) is 5.56 Å². The SMILES string of the molecule is COCc1cc(=O)[nH]c(-c2ccc(Br)c3cccnc23)n1. The number of benzene rings is 1. The van der Waals surface area contributed by atoms with Gasteiger partial charge in [-0.1, -0.05) is 22.0 Å². The Kier molecular flexibility index (Phi) is 3.81. The van der Waals surface area contributed by atoms with Crippen LogP contribution in [0.4, 0.5) is 0 Å². The van der Waals surface area contributed by atoms with Crippen molar-refractivity contribution in [2.24, 2.45) is 0 Å². The summed E-state index contributed by atoms with van der Waals surface area (Å²) < 4.78 is 5.99. The third-order valence-corrected chi connectivity index (χ3v) is 3.75. The number of rotatable bonds is 3. The second-order valence-corrected chi connectivity index (χ2v) is 5.37. The first-order valence-corrected chi connectivity index (χ1v) is 7.11. The van der Waals surface area contributed by atoms with Crippen molar-refractivity contribution in [3.63, 3.8) is 0 Å². The lowest BCUT2D eigenvalue weighted by Crippen LogP contribution is -2.11. The number of hydrogen-bond donors (Lipinski definition) is 1. The minimum Gasteiger partial charge on any atom is -0.378 e. The van der Waals surface area contributed by atoms with Crippen molar-refractivity contribution in [2.75, 3.05) is 7.11 Å². The highest BCUT2D eigenvalue weighted by Crippen LogP contribution is 2.29. The zero-order valence-corrected chi connectivity index (χ0v) is 12.8. The molecule has 0 fully saturated rings. The average molecular weight is 346 g/mol. The molecule has 0 saturated carbocycles. The summed E-state index contributed by atoms with van der Waals surface area (Å²) in [5, 5.41) is 0.967. The number of methoxy groups -OCH3 is 1. The fraction of sp³-hybridized carbons (Fsp3) is 0.133. The Morgan fingerprint density at radius 2 is 2.19 bits per heavy atom. The molecule has 0 saturated heterocycles. The zero-order valence-electron chi connectivity index (χ0n) is 11.3. The molecule has 0 unspecified atom stereocenters. The molecule has 3 rings (SSSR count). The molecule has 2 heterocycles. The Balaban J connectivity index is 2.26. The van der Waals surface area contributed by atoms with Crippen LogP contribution in [-0.2, 0) is 11.3 Å². The topological polar surface area (TPSA) is 67.9 Å². The molecule has 0 aliphatic carbocycles. The molecule has 0 spiro atoms. The van der Waals surface area contributed by atoms with Gasteiger partial charge in [-0.3, -0.25) is 9.78 Å². The Hall–Kier alpha value is -2.05. The van der Waals surface area contributed by atoms with E-state index in [0.717, 1.165) is 20.9 Å². The zero-order chi connectivity index (χ0) is 14.8. The maximum Gasteiger partial charge on any atom is 0.251 e. The van der Waals surface area contributed by atoms with Crippen molar-refractivity contribution in [3.8, 4) is 11.4 Å². The van der Waals surface area contributed by atoms with Gasteiger partial charge in [0.1, 0.15) is 5.82 Å². The second-order valence-electron chi connectivity index (χ2n) is 4.51. The van der Waals surface area contributed by atoms with E-state index in [2.05, 4.69) is 30.9 Å². The van der Waals surface area contributed by atoms with Gasteiger partial charge in [-0.15, -0.1) is 0 Å². The van der Waals surface area contributed by atoms with Gasteiger partial charge in [0.05, 0.1) is 17.8 Å². The largest absolute Gasteiger partial charge is 0.378 e. The number of aromatic amines is 1. The smallest absolute Gasteiger partial charge is 0.251 e. The number of hydrogen-bond acceptors (Lipinski definition) is 4. The minimum atomic E-state index is -0.209. The van der Waals surface area contributed by atoms with E-state index in [1.165, 1.54) is 6.07 Å². The summed E-state index contributed by atoms with van der Waals surface area (Å²) in [6.07, 6.45) is 1.72. The first-order valence-electron chi connectivity index (χ1n) is 6.32. The minimum absolute atomic E-state index is 0.209. The van der Waals surface area contributed by atoms with E-state index in [1.807, 2.05) is 24.3 Å². The number of ether oxygens (including phenoxy) is 1. The van der Waals surface area contributed by atoms with Gasteiger partial charge in [-0.25, -0.2) is 4.98 Å². The van der Waals surface area contributed by atoms with Gasteiger partial charge < -0.3 is 9.72 Å². The lowest BCUT2D eigenvalue weighted by Gasteiger charge is -2.08. The standard InChI is InChI=1S/C15H12BrN3O2/c1-21-8-9-7-13(20)19-15(18-9)11-4-5-12(16)10-3-2-6-17-14(10)11/h2-7H,8H2,1H3,(H,18,19,20). The molecule has 2 aromatic heterocycles. The van der Waals surface area contributed by atoms with Crippen LogP contribution in [0, 0.1) is 0 Å². The number of aromatic nitrogens is 3. The molecule has 5 nitrogen and oxygen atoms in total. The van der Waals surface area contributed by atoms with E-state index >= 15 is 0 Å². The Labute approximate surface area is 129 Å². The third kappa shape index (κ3) is 2.72. The lowest BCUT2D eigenvalue weighted by molar-refractivity contribution is 0.181. The summed E-state index contributed by atoms with van der Waals surface area (Å²) in [4.78, 5) is 23.4. The van der Waals surface area contributed by atoms with Crippen LogP contribution in [0.25, 0.3) is 22.3 Å². The highest BCUT2D eigenvalue weighted by atomic mass is 79.9. The number of pyridine rings is 1. The fourth-order valence-corrected chi connectivity index (χ4v) is 2.64. The van der Waals surface area contributed by atoms with Gasteiger partial charge in [0, 0.05) is 34.8 Å². The first-order chi connectivity index (χ1) is 10.2. The van der Waals surface area contributed by atoms with Crippen LogP contribution >= 0.6 is 15.9 Å². The molecular formula is C15H12BrN3O2. The van der Waals surface area contributed by atoms with Crippen LogP contribution in [0.1, 0.15) is 5.69 Å². The Morgan fingerprint density at radius 1 is 1.33 bits per heavy atom. The molecule has 0 radical (unpaired) electrons. The molecule has 1 aromatic carbocycles. The van der Waals surface area contributed by atoms with Crippen LogP contribution in [0.15, 0.2) is 45.8 Å². The van der Waals surface area contributed by atoms with Crippen molar-refractivity contribution in [2.45, 2.75) is 6.61 Å². The highest BCUT2D eigenvalue weighted by Gasteiger charge is 2.10. The van der Waals surface area contributed by atoms with Crippen molar-refractivity contribution < 1.29 is 4.74 Å². The van der Waals surface area contributed by atoms with E-state index in [0.29, 0.717) is 18.1 Å². The fourth-order valence-electron chi connectivity index (χ4n) is 2.19. The normalized spacial score (nSPS) is 11.0. The number of H-pyrrole nitrogens is 1. The van der Waals surface area contributed by atoms with Crippen LogP contribution in [-0.4, -0.2) is 22.1 Å². The van der Waals surface area contributed by atoms with E-state index in [4.69, 9.17) is 4.74 Å². The Morgan fingerprint density at radius 3 is 3.00 bits per heavy atom. The number of fused-ring (bicyclic) bond motifs is 1. The Bertz CT molecular complexity index is 861. The molecule has 0 bridgehead atoms. The first kappa shape index (κ1) is 13.9. The predicted octanol–water partition coefficient (Wildman–Crippen LogP) is 2.89. The van der Waals surface area contributed by atoms with Gasteiger partial charge in [-0.2, -0.15) is 0 Å². The van der Waals surface area contributed by atoms with Crippen LogP contribution in [0.5, 0.6) is 0 Å². The summed E-state index contributed by atoms with van der Waals surface area (Å²) in [5.41, 5.74) is 1.94. The monoisotopic (exact) mass is 345 g/mol. The summed E-state index contributed by atoms with van der Waals surface area (Å²) in [6.45, 7) is 0.290. The number of nitrogens with zero attached hydrogens (tertiary/aromatic N) is 2. The van der Waals surface area contributed by atoms with E-state index in [-0.39, 0.29) is 5.56 Å². The molecule has 0 aliphatic heterocycles. The van der Waals surface area contributed by atoms with Gasteiger partial charge in [0.15, 0.2) is 0 Å². The van der Waals surface area contributed by atoms with Gasteiger partial charge >= 0.3 is 0 Å². The molecule has 1 N–H and O–H groups in total.